The molecule has 0 unspecified atom stereocenters. The van der Waals surface area contributed by atoms with E-state index < -0.39 is 0 Å². The molecule has 1 heterocycles. The van der Waals surface area contributed by atoms with Gasteiger partial charge in [-0.1, -0.05) is 41.9 Å². The van der Waals surface area contributed by atoms with E-state index in [-0.39, 0.29) is 5.75 Å². The quantitative estimate of drug-likeness (QED) is 0.728. The van der Waals surface area contributed by atoms with E-state index in [0.717, 1.165) is 16.3 Å². The van der Waals surface area contributed by atoms with Crippen molar-refractivity contribution in [2.45, 2.75) is 6.92 Å². The Bertz CT molecular complexity index is 771. The number of phenols is 1. The smallest absolute Gasteiger partial charge is 0.159 e. The zero-order chi connectivity index (χ0) is 13.4. The molecule has 94 valence electrons. The summed E-state index contributed by atoms with van der Waals surface area (Å²) in [4.78, 5) is 0. The molecule has 3 rings (SSSR count). The Morgan fingerprint density at radius 2 is 1.74 bits per heavy atom. The van der Waals surface area contributed by atoms with Crippen molar-refractivity contribution in [3.8, 4) is 17.0 Å². The van der Waals surface area contributed by atoms with Crippen LogP contribution in [0.25, 0.3) is 22.0 Å². The van der Waals surface area contributed by atoms with Gasteiger partial charge >= 0.3 is 0 Å². The molecule has 0 fully saturated rings. The number of aromatic nitrogens is 2. The minimum absolute atomic E-state index is 0.196. The van der Waals surface area contributed by atoms with Crippen molar-refractivity contribution in [1.82, 2.24) is 10.2 Å². The molecule has 0 bridgehead atoms. The Labute approximate surface area is 115 Å². The number of aryl methyl sites for hydroxylation is 1. The van der Waals surface area contributed by atoms with Crippen LogP contribution in [0, 0.1) is 6.92 Å². The van der Waals surface area contributed by atoms with Crippen molar-refractivity contribution in [1.29, 1.82) is 0 Å². The molecule has 0 atom stereocenters. The van der Waals surface area contributed by atoms with Crippen LogP contribution in [-0.4, -0.2) is 15.3 Å². The van der Waals surface area contributed by atoms with Crippen molar-refractivity contribution in [2.75, 3.05) is 0 Å². The molecule has 19 heavy (non-hydrogen) atoms. The van der Waals surface area contributed by atoms with E-state index in [1.807, 2.05) is 43.3 Å². The number of fused-ring (bicyclic) bond motifs is 1. The zero-order valence-electron chi connectivity index (χ0n) is 10.3. The molecular weight excluding hydrogens is 260 g/mol. The van der Waals surface area contributed by atoms with E-state index in [1.54, 1.807) is 6.07 Å². The Balaban J connectivity index is 2.34. The molecular formula is C15H11ClN2O. The molecule has 0 radical (unpaired) electrons. The molecule has 0 aliphatic heterocycles. The first kappa shape index (κ1) is 11.9. The van der Waals surface area contributed by atoms with Gasteiger partial charge in [-0.2, -0.15) is 0 Å². The lowest BCUT2D eigenvalue weighted by molar-refractivity contribution is 0.476. The minimum Gasteiger partial charge on any atom is -0.507 e. The number of benzene rings is 2. The highest BCUT2D eigenvalue weighted by atomic mass is 35.5. The highest BCUT2D eigenvalue weighted by molar-refractivity contribution is 6.34. The van der Waals surface area contributed by atoms with Gasteiger partial charge in [0.1, 0.15) is 11.4 Å². The SMILES string of the molecule is Cc1ccc(-c2nnc(Cl)c3ccccc23)c(O)c1. The van der Waals surface area contributed by atoms with Crippen LogP contribution in [0.5, 0.6) is 5.75 Å². The van der Waals surface area contributed by atoms with Crippen LogP contribution in [-0.2, 0) is 0 Å². The number of rotatable bonds is 1. The molecule has 0 aliphatic rings. The average Bonchev–Trinajstić information content (AvgIpc) is 2.41. The van der Waals surface area contributed by atoms with Gasteiger partial charge in [-0.05, 0) is 24.6 Å². The van der Waals surface area contributed by atoms with E-state index >= 15 is 0 Å². The van der Waals surface area contributed by atoms with Gasteiger partial charge in [0.15, 0.2) is 5.15 Å². The monoisotopic (exact) mass is 270 g/mol. The fourth-order valence-electron chi connectivity index (χ4n) is 2.11. The van der Waals surface area contributed by atoms with Gasteiger partial charge in [0.05, 0.1) is 0 Å². The highest BCUT2D eigenvalue weighted by Gasteiger charge is 2.12. The summed E-state index contributed by atoms with van der Waals surface area (Å²) in [7, 11) is 0. The van der Waals surface area contributed by atoms with Gasteiger partial charge in [0.25, 0.3) is 0 Å². The predicted molar refractivity (Wildman–Crippen MR) is 76.4 cm³/mol. The maximum atomic E-state index is 10.1. The highest BCUT2D eigenvalue weighted by Crippen LogP contribution is 2.34. The van der Waals surface area contributed by atoms with Gasteiger partial charge in [0, 0.05) is 16.3 Å². The van der Waals surface area contributed by atoms with Gasteiger partial charge in [-0.15, -0.1) is 10.2 Å². The van der Waals surface area contributed by atoms with E-state index in [9.17, 15) is 5.11 Å². The second-order valence-corrected chi connectivity index (χ2v) is 4.76. The molecule has 2 aromatic carbocycles. The summed E-state index contributed by atoms with van der Waals surface area (Å²) in [6, 6.07) is 13.1. The Hall–Kier alpha value is -2.13. The van der Waals surface area contributed by atoms with Gasteiger partial charge in [-0.25, -0.2) is 0 Å². The maximum Gasteiger partial charge on any atom is 0.159 e. The summed E-state index contributed by atoms with van der Waals surface area (Å²) < 4.78 is 0. The topological polar surface area (TPSA) is 46.0 Å². The Morgan fingerprint density at radius 3 is 2.47 bits per heavy atom. The first-order valence-corrected chi connectivity index (χ1v) is 6.25. The van der Waals surface area contributed by atoms with Gasteiger partial charge < -0.3 is 5.11 Å². The molecule has 3 nitrogen and oxygen atoms in total. The van der Waals surface area contributed by atoms with E-state index in [0.29, 0.717) is 16.4 Å². The largest absolute Gasteiger partial charge is 0.507 e. The average molecular weight is 271 g/mol. The predicted octanol–water partition coefficient (Wildman–Crippen LogP) is 3.96. The first-order chi connectivity index (χ1) is 9.16. The molecule has 0 aliphatic carbocycles. The van der Waals surface area contributed by atoms with Crippen molar-refractivity contribution < 1.29 is 5.11 Å². The molecule has 1 aromatic heterocycles. The number of halogens is 1. The summed E-state index contributed by atoms with van der Waals surface area (Å²) in [5, 5.41) is 20.2. The zero-order valence-corrected chi connectivity index (χ0v) is 11.0. The van der Waals surface area contributed by atoms with Crippen LogP contribution in [0.15, 0.2) is 42.5 Å². The van der Waals surface area contributed by atoms with Crippen LogP contribution < -0.4 is 0 Å². The van der Waals surface area contributed by atoms with E-state index in [4.69, 9.17) is 11.6 Å². The van der Waals surface area contributed by atoms with Crippen LogP contribution in [0.4, 0.5) is 0 Å². The molecule has 0 spiro atoms. The number of hydrogen-bond donors (Lipinski definition) is 1. The number of aromatic hydroxyl groups is 1. The summed E-state index contributed by atoms with van der Waals surface area (Å²) in [5.74, 6) is 0.196. The first-order valence-electron chi connectivity index (χ1n) is 5.88. The van der Waals surface area contributed by atoms with Crippen LogP contribution in [0.2, 0.25) is 5.15 Å². The van der Waals surface area contributed by atoms with Crippen LogP contribution in [0.3, 0.4) is 0 Å². The number of hydrogen-bond acceptors (Lipinski definition) is 3. The lowest BCUT2D eigenvalue weighted by Gasteiger charge is -2.08. The Kier molecular flexibility index (Phi) is 2.84. The third kappa shape index (κ3) is 2.02. The van der Waals surface area contributed by atoms with Crippen molar-refractivity contribution in [3.05, 3.63) is 53.2 Å². The third-order valence-corrected chi connectivity index (χ3v) is 3.33. The van der Waals surface area contributed by atoms with Crippen molar-refractivity contribution >= 4 is 22.4 Å². The molecule has 0 amide bonds. The van der Waals surface area contributed by atoms with Crippen LogP contribution in [0.1, 0.15) is 5.56 Å². The second-order valence-electron chi connectivity index (χ2n) is 4.41. The second kappa shape index (κ2) is 4.52. The summed E-state index contributed by atoms with van der Waals surface area (Å²) in [6.45, 7) is 1.93. The van der Waals surface area contributed by atoms with E-state index in [1.165, 1.54) is 0 Å². The fraction of sp³-hybridized carbons (Fsp3) is 0.0667. The van der Waals surface area contributed by atoms with E-state index in [2.05, 4.69) is 10.2 Å². The Morgan fingerprint density at radius 1 is 1.00 bits per heavy atom. The lowest BCUT2D eigenvalue weighted by Crippen LogP contribution is -1.92. The van der Waals surface area contributed by atoms with Crippen molar-refractivity contribution in [3.63, 3.8) is 0 Å². The lowest BCUT2D eigenvalue weighted by atomic mass is 10.0. The summed E-state index contributed by atoms with van der Waals surface area (Å²) in [6.07, 6.45) is 0. The third-order valence-electron chi connectivity index (χ3n) is 3.05. The van der Waals surface area contributed by atoms with Crippen LogP contribution >= 0.6 is 11.6 Å². The van der Waals surface area contributed by atoms with Gasteiger partial charge in [-0.3, -0.25) is 0 Å². The fourth-order valence-corrected chi connectivity index (χ4v) is 2.31. The summed E-state index contributed by atoms with van der Waals surface area (Å²) >= 11 is 6.05. The normalized spacial score (nSPS) is 10.8. The molecule has 0 saturated carbocycles. The number of phenolic OH excluding ortho intramolecular Hbond substituents is 1. The van der Waals surface area contributed by atoms with Crippen molar-refractivity contribution in [2.24, 2.45) is 0 Å². The summed E-state index contributed by atoms with van der Waals surface area (Å²) in [5.41, 5.74) is 2.29. The molecule has 0 saturated heterocycles. The number of nitrogens with zero attached hydrogens (tertiary/aromatic N) is 2. The standard InChI is InChI=1S/C15H11ClN2O/c1-9-6-7-12(13(19)8-9)14-10-4-2-3-5-11(10)15(16)18-17-14/h2-8,19H,1H3. The minimum atomic E-state index is 0.196. The molecule has 4 heteroatoms. The molecule has 3 aromatic rings. The molecule has 1 N–H and O–H groups in total. The van der Waals surface area contributed by atoms with Gasteiger partial charge in [0.2, 0.25) is 0 Å². The maximum absolute atomic E-state index is 10.1.